The molecule has 0 aromatic heterocycles. The van der Waals surface area contributed by atoms with E-state index in [9.17, 15) is 9.90 Å². The SMILES string of the molecule is CC(C)=CCC(=O)[C@@H](C)CCC[C@@]1(C)OC/C(=C/CO)CC[C@@H]1O. The van der Waals surface area contributed by atoms with Gasteiger partial charge in [-0.15, -0.1) is 0 Å². The first-order valence-electron chi connectivity index (χ1n) is 9.05. The largest absolute Gasteiger partial charge is 0.392 e. The molecular weight excluding hydrogens is 304 g/mol. The van der Waals surface area contributed by atoms with Gasteiger partial charge in [0.2, 0.25) is 0 Å². The molecule has 0 spiro atoms. The van der Waals surface area contributed by atoms with E-state index in [1.807, 2.05) is 33.8 Å². The molecule has 1 rings (SSSR count). The van der Waals surface area contributed by atoms with E-state index in [0.717, 1.165) is 31.3 Å². The minimum atomic E-state index is -0.576. The van der Waals surface area contributed by atoms with E-state index in [-0.39, 0.29) is 18.3 Å². The number of carbonyl (C=O) groups is 1. The number of carbonyl (C=O) groups excluding carboxylic acids is 1. The summed E-state index contributed by atoms with van der Waals surface area (Å²) in [5.74, 6) is 0.314. The molecular formula is C20H34O4. The Hall–Kier alpha value is -0.970. The van der Waals surface area contributed by atoms with Crippen LogP contribution < -0.4 is 0 Å². The Morgan fingerprint density at radius 2 is 2.17 bits per heavy atom. The Morgan fingerprint density at radius 3 is 2.79 bits per heavy atom. The Labute approximate surface area is 146 Å². The highest BCUT2D eigenvalue weighted by Gasteiger charge is 2.35. The van der Waals surface area contributed by atoms with Gasteiger partial charge >= 0.3 is 0 Å². The number of aliphatic hydroxyl groups is 2. The molecule has 1 aliphatic heterocycles. The summed E-state index contributed by atoms with van der Waals surface area (Å²) in [5, 5.41) is 19.4. The zero-order valence-corrected chi connectivity index (χ0v) is 15.7. The second kappa shape index (κ2) is 10.1. The van der Waals surface area contributed by atoms with Crippen molar-refractivity contribution >= 4 is 5.78 Å². The van der Waals surface area contributed by atoms with Crippen LogP contribution in [0.5, 0.6) is 0 Å². The molecule has 138 valence electrons. The lowest BCUT2D eigenvalue weighted by molar-refractivity contribution is -0.122. The third-order valence-electron chi connectivity index (χ3n) is 4.98. The predicted molar refractivity (Wildman–Crippen MR) is 96.8 cm³/mol. The molecule has 4 nitrogen and oxygen atoms in total. The van der Waals surface area contributed by atoms with E-state index in [1.165, 1.54) is 5.57 Å². The third-order valence-corrected chi connectivity index (χ3v) is 4.98. The summed E-state index contributed by atoms with van der Waals surface area (Å²) in [5.41, 5.74) is 1.64. The lowest BCUT2D eigenvalue weighted by atomic mass is 9.87. The number of ketones is 1. The van der Waals surface area contributed by atoms with Gasteiger partial charge in [0.15, 0.2) is 0 Å². The third kappa shape index (κ3) is 6.88. The molecule has 0 aromatic rings. The van der Waals surface area contributed by atoms with Crippen molar-refractivity contribution in [1.82, 2.24) is 0 Å². The average molecular weight is 338 g/mol. The van der Waals surface area contributed by atoms with Crippen molar-refractivity contribution in [3.05, 3.63) is 23.3 Å². The zero-order chi connectivity index (χ0) is 18.2. The van der Waals surface area contributed by atoms with Crippen LogP contribution in [0.15, 0.2) is 23.3 Å². The number of aliphatic hydroxyl groups excluding tert-OH is 2. The van der Waals surface area contributed by atoms with Crippen molar-refractivity contribution in [3.63, 3.8) is 0 Å². The van der Waals surface area contributed by atoms with Crippen molar-refractivity contribution in [1.29, 1.82) is 0 Å². The standard InChI is InChI=1S/C20H34O4/c1-15(2)7-9-18(22)16(3)6-5-12-20(4)19(23)10-8-17(11-13-21)14-24-20/h7,11,16,19,21,23H,5-6,8-10,12-14H2,1-4H3/b17-11+/t16-,19-,20+/m0/s1. The monoisotopic (exact) mass is 338 g/mol. The van der Waals surface area contributed by atoms with E-state index in [1.54, 1.807) is 6.08 Å². The number of allylic oxidation sites excluding steroid dienone is 2. The summed E-state index contributed by atoms with van der Waals surface area (Å²) in [6, 6.07) is 0. The number of rotatable bonds is 8. The van der Waals surface area contributed by atoms with Crippen LogP contribution in [0.2, 0.25) is 0 Å². The van der Waals surface area contributed by atoms with E-state index < -0.39 is 11.7 Å². The maximum absolute atomic E-state index is 12.1. The molecule has 2 N–H and O–H groups in total. The van der Waals surface area contributed by atoms with Crippen molar-refractivity contribution in [2.24, 2.45) is 5.92 Å². The first-order valence-corrected chi connectivity index (χ1v) is 9.05. The highest BCUT2D eigenvalue weighted by molar-refractivity contribution is 5.82. The van der Waals surface area contributed by atoms with Crippen LogP contribution in [-0.2, 0) is 9.53 Å². The van der Waals surface area contributed by atoms with Crippen molar-refractivity contribution in [3.8, 4) is 0 Å². The first-order chi connectivity index (χ1) is 11.3. The van der Waals surface area contributed by atoms with Gasteiger partial charge in [0.05, 0.1) is 24.9 Å². The predicted octanol–water partition coefficient (Wildman–Crippen LogP) is 3.57. The molecule has 0 aromatic carbocycles. The lowest BCUT2D eigenvalue weighted by Gasteiger charge is -2.33. The van der Waals surface area contributed by atoms with Gasteiger partial charge in [-0.25, -0.2) is 0 Å². The molecule has 0 bridgehead atoms. The molecule has 4 heteroatoms. The molecule has 0 amide bonds. The van der Waals surface area contributed by atoms with E-state index in [2.05, 4.69) is 0 Å². The number of hydrogen-bond acceptors (Lipinski definition) is 4. The summed E-state index contributed by atoms with van der Waals surface area (Å²) >= 11 is 0. The maximum atomic E-state index is 12.1. The molecule has 1 fully saturated rings. The highest BCUT2D eigenvalue weighted by atomic mass is 16.5. The minimum absolute atomic E-state index is 0.0107. The molecule has 1 heterocycles. The average Bonchev–Trinajstić information content (AvgIpc) is 2.66. The topological polar surface area (TPSA) is 66.8 Å². The van der Waals surface area contributed by atoms with Crippen LogP contribution in [-0.4, -0.2) is 40.9 Å². The van der Waals surface area contributed by atoms with Gasteiger partial charge in [0.1, 0.15) is 5.78 Å². The van der Waals surface area contributed by atoms with Crippen molar-refractivity contribution < 1.29 is 19.7 Å². The highest BCUT2D eigenvalue weighted by Crippen LogP contribution is 2.31. The number of ether oxygens (including phenoxy) is 1. The van der Waals surface area contributed by atoms with Crippen LogP contribution >= 0.6 is 0 Å². The van der Waals surface area contributed by atoms with E-state index >= 15 is 0 Å². The second-order valence-corrected chi connectivity index (χ2v) is 7.45. The Kier molecular flexibility index (Phi) is 8.88. The quantitative estimate of drug-likeness (QED) is 0.664. The molecule has 3 atom stereocenters. The Morgan fingerprint density at radius 1 is 1.46 bits per heavy atom. The maximum Gasteiger partial charge on any atom is 0.139 e. The van der Waals surface area contributed by atoms with Crippen LogP contribution in [0.4, 0.5) is 0 Å². The molecule has 1 aliphatic rings. The van der Waals surface area contributed by atoms with E-state index in [0.29, 0.717) is 19.4 Å². The Balaban J connectivity index is 2.48. The van der Waals surface area contributed by atoms with Gasteiger partial charge < -0.3 is 14.9 Å². The zero-order valence-electron chi connectivity index (χ0n) is 15.7. The number of hydrogen-bond donors (Lipinski definition) is 2. The summed E-state index contributed by atoms with van der Waals surface area (Å²) in [6.07, 6.45) is 7.56. The van der Waals surface area contributed by atoms with Gasteiger partial charge in [0.25, 0.3) is 0 Å². The lowest BCUT2D eigenvalue weighted by Crippen LogP contribution is -2.41. The van der Waals surface area contributed by atoms with Gasteiger partial charge in [-0.2, -0.15) is 0 Å². The fourth-order valence-corrected chi connectivity index (χ4v) is 3.01. The summed E-state index contributed by atoms with van der Waals surface area (Å²) in [7, 11) is 0. The molecule has 0 saturated carbocycles. The molecule has 0 aliphatic carbocycles. The summed E-state index contributed by atoms with van der Waals surface area (Å²) in [6.45, 7) is 8.41. The van der Waals surface area contributed by atoms with Crippen LogP contribution in [0.3, 0.4) is 0 Å². The van der Waals surface area contributed by atoms with Gasteiger partial charge in [-0.1, -0.05) is 24.6 Å². The van der Waals surface area contributed by atoms with Gasteiger partial charge in [-0.05, 0) is 58.4 Å². The van der Waals surface area contributed by atoms with E-state index in [4.69, 9.17) is 9.84 Å². The smallest absolute Gasteiger partial charge is 0.139 e. The summed E-state index contributed by atoms with van der Waals surface area (Å²) in [4.78, 5) is 12.1. The van der Waals surface area contributed by atoms with Crippen LogP contribution in [0, 0.1) is 5.92 Å². The number of Topliss-reactive ketones (excluding diaryl/α,β-unsaturated/α-hetero) is 1. The minimum Gasteiger partial charge on any atom is -0.392 e. The fourth-order valence-electron chi connectivity index (χ4n) is 3.01. The first kappa shape index (κ1) is 21.1. The molecule has 0 unspecified atom stereocenters. The summed E-state index contributed by atoms with van der Waals surface area (Å²) < 4.78 is 5.97. The normalized spacial score (nSPS) is 27.6. The van der Waals surface area contributed by atoms with Crippen LogP contribution in [0.25, 0.3) is 0 Å². The molecule has 24 heavy (non-hydrogen) atoms. The van der Waals surface area contributed by atoms with Crippen LogP contribution in [0.1, 0.15) is 66.2 Å². The molecule has 0 radical (unpaired) electrons. The van der Waals surface area contributed by atoms with Crippen molar-refractivity contribution in [2.75, 3.05) is 13.2 Å². The molecule has 1 saturated heterocycles. The van der Waals surface area contributed by atoms with Crippen molar-refractivity contribution in [2.45, 2.75) is 77.9 Å². The second-order valence-electron chi connectivity index (χ2n) is 7.45. The Bertz CT molecular complexity index is 462. The van der Waals surface area contributed by atoms with Gasteiger partial charge in [-0.3, -0.25) is 4.79 Å². The fraction of sp³-hybridized carbons (Fsp3) is 0.750. The van der Waals surface area contributed by atoms with Gasteiger partial charge in [0, 0.05) is 12.3 Å².